The van der Waals surface area contributed by atoms with Gasteiger partial charge in [-0.05, 0) is 19.8 Å². The summed E-state index contributed by atoms with van der Waals surface area (Å²) >= 11 is 0. The number of imide groups is 1. The molecule has 1 spiro atoms. The number of hydrogen-bond donors (Lipinski definition) is 2. The van der Waals surface area contributed by atoms with E-state index in [4.69, 9.17) is 9.26 Å². The molecule has 2 N–H and O–H groups in total. The summed E-state index contributed by atoms with van der Waals surface area (Å²) in [7, 11) is 0. The molecule has 10 nitrogen and oxygen atoms in total. The highest BCUT2D eigenvalue weighted by molar-refractivity contribution is 6.07. The third-order valence-electron chi connectivity index (χ3n) is 4.50. The topological polar surface area (TPSA) is 131 Å². The second kappa shape index (κ2) is 7.14. The van der Waals surface area contributed by atoms with Gasteiger partial charge in [0.1, 0.15) is 11.3 Å². The Morgan fingerprint density at radius 1 is 1.38 bits per heavy atom. The van der Waals surface area contributed by atoms with E-state index >= 15 is 0 Å². The van der Waals surface area contributed by atoms with E-state index in [0.717, 1.165) is 17.7 Å². The van der Waals surface area contributed by atoms with Crippen LogP contribution in [-0.2, 0) is 19.1 Å². The molecule has 2 heterocycles. The molecular formula is C16H20N4O6. The number of aromatic nitrogens is 1. The van der Waals surface area contributed by atoms with Gasteiger partial charge in [-0.15, -0.1) is 0 Å². The molecule has 1 saturated heterocycles. The van der Waals surface area contributed by atoms with E-state index in [0.29, 0.717) is 18.6 Å². The summed E-state index contributed by atoms with van der Waals surface area (Å²) in [5, 5.41) is 8.74. The van der Waals surface area contributed by atoms with Gasteiger partial charge in [-0.2, -0.15) is 0 Å². The number of rotatable bonds is 6. The monoisotopic (exact) mass is 364 g/mol. The van der Waals surface area contributed by atoms with Gasteiger partial charge < -0.3 is 19.9 Å². The fourth-order valence-corrected chi connectivity index (χ4v) is 3.22. The summed E-state index contributed by atoms with van der Waals surface area (Å²) in [6.45, 7) is 1.11. The Balaban J connectivity index is 1.42. The maximum Gasteiger partial charge on any atom is 0.325 e. The fraction of sp³-hybridized carbons (Fsp3) is 0.562. The second-order valence-electron chi connectivity index (χ2n) is 6.46. The molecule has 0 radical (unpaired) electrons. The quantitative estimate of drug-likeness (QED) is 0.561. The minimum Gasteiger partial charge on any atom is -0.456 e. The van der Waals surface area contributed by atoms with Gasteiger partial charge in [-0.3, -0.25) is 19.3 Å². The van der Waals surface area contributed by atoms with Gasteiger partial charge >= 0.3 is 12.0 Å². The van der Waals surface area contributed by atoms with Crippen LogP contribution < -0.4 is 10.6 Å². The number of aryl methyl sites for hydroxylation is 1. The van der Waals surface area contributed by atoms with Crippen molar-refractivity contribution in [1.82, 2.24) is 15.4 Å². The zero-order valence-electron chi connectivity index (χ0n) is 14.4. The molecule has 3 rings (SSSR count). The Bertz CT molecular complexity index is 737. The highest BCUT2D eigenvalue weighted by Crippen LogP contribution is 2.35. The molecule has 1 aromatic rings. The zero-order chi connectivity index (χ0) is 18.7. The largest absolute Gasteiger partial charge is 0.456 e. The van der Waals surface area contributed by atoms with Gasteiger partial charge in [0.05, 0.1) is 6.42 Å². The van der Waals surface area contributed by atoms with Crippen LogP contribution in [0, 0.1) is 6.92 Å². The molecule has 0 unspecified atom stereocenters. The summed E-state index contributed by atoms with van der Waals surface area (Å²) in [4.78, 5) is 48.9. The first-order chi connectivity index (χ1) is 12.4. The van der Waals surface area contributed by atoms with Crippen molar-refractivity contribution in [1.29, 1.82) is 0 Å². The number of carbonyl (C=O) groups is 4. The molecule has 1 aromatic heterocycles. The zero-order valence-corrected chi connectivity index (χ0v) is 14.4. The first-order valence-corrected chi connectivity index (χ1v) is 8.42. The predicted molar refractivity (Wildman–Crippen MR) is 86.9 cm³/mol. The van der Waals surface area contributed by atoms with Crippen LogP contribution in [0.1, 0.15) is 37.9 Å². The van der Waals surface area contributed by atoms with Crippen molar-refractivity contribution in [2.45, 2.75) is 44.6 Å². The van der Waals surface area contributed by atoms with Crippen LogP contribution >= 0.6 is 0 Å². The van der Waals surface area contributed by atoms with Crippen molar-refractivity contribution in [2.75, 3.05) is 18.5 Å². The number of esters is 1. The molecule has 4 amide bonds. The van der Waals surface area contributed by atoms with Crippen LogP contribution in [0.2, 0.25) is 0 Å². The lowest BCUT2D eigenvalue weighted by Crippen LogP contribution is -2.44. The van der Waals surface area contributed by atoms with Crippen LogP contribution in [-0.4, -0.2) is 52.6 Å². The van der Waals surface area contributed by atoms with Crippen LogP contribution in [0.5, 0.6) is 0 Å². The number of hydrogen-bond acceptors (Lipinski definition) is 7. The van der Waals surface area contributed by atoms with Crippen molar-refractivity contribution < 1.29 is 28.4 Å². The van der Waals surface area contributed by atoms with Crippen molar-refractivity contribution in [3.8, 4) is 0 Å². The fourth-order valence-electron chi connectivity index (χ4n) is 3.22. The average Bonchev–Trinajstić information content (AvgIpc) is 3.27. The second-order valence-corrected chi connectivity index (χ2v) is 6.46. The summed E-state index contributed by atoms with van der Waals surface area (Å²) < 4.78 is 9.65. The van der Waals surface area contributed by atoms with Gasteiger partial charge in [0.2, 0.25) is 0 Å². The number of amides is 4. The molecule has 26 heavy (non-hydrogen) atoms. The van der Waals surface area contributed by atoms with E-state index in [1.807, 2.05) is 0 Å². The number of urea groups is 1. The molecule has 0 atom stereocenters. The van der Waals surface area contributed by atoms with E-state index < -0.39 is 30.1 Å². The summed E-state index contributed by atoms with van der Waals surface area (Å²) in [6.07, 6.45) is 2.86. The van der Waals surface area contributed by atoms with Gasteiger partial charge in [0.15, 0.2) is 12.4 Å². The number of anilines is 1. The van der Waals surface area contributed by atoms with Crippen LogP contribution in [0.15, 0.2) is 10.6 Å². The van der Waals surface area contributed by atoms with Gasteiger partial charge in [-0.25, -0.2) is 4.79 Å². The van der Waals surface area contributed by atoms with Crippen LogP contribution in [0.3, 0.4) is 0 Å². The Kier molecular flexibility index (Phi) is 4.92. The van der Waals surface area contributed by atoms with Crippen molar-refractivity contribution in [2.24, 2.45) is 0 Å². The Hall–Kier alpha value is -2.91. The molecule has 0 aromatic carbocycles. The van der Waals surface area contributed by atoms with Gasteiger partial charge in [0.25, 0.3) is 11.8 Å². The molecule has 1 aliphatic heterocycles. The minimum absolute atomic E-state index is 0.0741. The molecule has 140 valence electrons. The highest BCUT2D eigenvalue weighted by Gasteiger charge is 2.52. The van der Waals surface area contributed by atoms with E-state index in [1.54, 1.807) is 6.92 Å². The number of ether oxygens (including phenoxy) is 1. The molecule has 1 saturated carbocycles. The first-order valence-electron chi connectivity index (χ1n) is 8.42. The molecular weight excluding hydrogens is 344 g/mol. The standard InChI is InChI=1S/C16H20N4O6/c1-10-8-11(19-26-10)17-12(21)9-25-13(22)4-7-20-14(23)16(18-15(20)24)5-2-3-6-16/h8H,2-7,9H2,1H3,(H,18,24)(H,17,19,21). The van der Waals surface area contributed by atoms with E-state index in [1.165, 1.54) is 6.07 Å². The Morgan fingerprint density at radius 3 is 2.77 bits per heavy atom. The third-order valence-corrected chi connectivity index (χ3v) is 4.50. The van der Waals surface area contributed by atoms with E-state index in [9.17, 15) is 19.2 Å². The lowest BCUT2D eigenvalue weighted by atomic mass is 9.98. The number of nitrogens with zero attached hydrogens (tertiary/aromatic N) is 2. The SMILES string of the molecule is Cc1cc(NC(=O)COC(=O)CCN2C(=O)NC3(CCCC3)C2=O)no1. The summed E-state index contributed by atoms with van der Waals surface area (Å²) in [5.74, 6) is -0.765. The molecule has 2 aliphatic rings. The van der Waals surface area contributed by atoms with E-state index in [2.05, 4.69) is 15.8 Å². The lowest BCUT2D eigenvalue weighted by Gasteiger charge is -2.19. The smallest absolute Gasteiger partial charge is 0.325 e. The molecule has 2 fully saturated rings. The molecule has 0 bridgehead atoms. The Morgan fingerprint density at radius 2 is 2.12 bits per heavy atom. The number of nitrogens with one attached hydrogen (secondary N) is 2. The van der Waals surface area contributed by atoms with Crippen LogP contribution in [0.25, 0.3) is 0 Å². The van der Waals surface area contributed by atoms with Gasteiger partial charge in [-0.1, -0.05) is 18.0 Å². The van der Waals surface area contributed by atoms with Crippen LogP contribution in [0.4, 0.5) is 10.6 Å². The van der Waals surface area contributed by atoms with Crippen molar-refractivity contribution in [3.63, 3.8) is 0 Å². The maximum atomic E-state index is 12.4. The molecule has 10 heteroatoms. The van der Waals surface area contributed by atoms with Crippen molar-refractivity contribution >= 4 is 29.6 Å². The Labute approximate surface area is 149 Å². The average molecular weight is 364 g/mol. The van der Waals surface area contributed by atoms with Crippen molar-refractivity contribution in [3.05, 3.63) is 11.8 Å². The predicted octanol–water partition coefficient (Wildman–Crippen LogP) is 0.719. The number of carbonyl (C=O) groups excluding carboxylic acids is 4. The summed E-state index contributed by atoms with van der Waals surface area (Å²) in [6, 6.07) is 1.04. The highest BCUT2D eigenvalue weighted by atomic mass is 16.5. The lowest BCUT2D eigenvalue weighted by molar-refractivity contribution is -0.147. The first kappa shape index (κ1) is 17.9. The third kappa shape index (κ3) is 3.68. The minimum atomic E-state index is -0.795. The maximum absolute atomic E-state index is 12.4. The van der Waals surface area contributed by atoms with Gasteiger partial charge in [0, 0.05) is 12.6 Å². The normalized spacial score (nSPS) is 18.3. The molecule has 1 aliphatic carbocycles. The summed E-state index contributed by atoms with van der Waals surface area (Å²) in [5.41, 5.74) is -0.795. The van der Waals surface area contributed by atoms with E-state index in [-0.39, 0.29) is 24.7 Å².